The van der Waals surface area contributed by atoms with Crippen LogP contribution in [0.5, 0.6) is 0 Å². The molecule has 1 amide bonds. The average molecular weight is 363 g/mol. The Bertz CT molecular complexity index is 846. The maximum Gasteiger partial charge on any atom is 0.275 e. The summed E-state index contributed by atoms with van der Waals surface area (Å²) in [5.74, 6) is 0.569. The number of benzene rings is 2. The number of nitrogens with zero attached hydrogens (tertiary/aromatic N) is 3. The normalized spacial score (nSPS) is 10.9. The lowest BCUT2D eigenvalue weighted by atomic mass is 10.1. The predicted molar refractivity (Wildman–Crippen MR) is 105 cm³/mol. The number of rotatable bonds is 8. The van der Waals surface area contributed by atoms with E-state index in [1.165, 1.54) is 11.1 Å². The Hall–Kier alpha value is -2.92. The summed E-state index contributed by atoms with van der Waals surface area (Å²) in [4.78, 5) is 16.4. The van der Waals surface area contributed by atoms with Crippen LogP contribution in [-0.4, -0.2) is 41.5 Å². The molecule has 0 spiro atoms. The van der Waals surface area contributed by atoms with E-state index in [2.05, 4.69) is 34.3 Å². The van der Waals surface area contributed by atoms with Gasteiger partial charge in [-0.3, -0.25) is 9.69 Å². The van der Waals surface area contributed by atoms with E-state index in [0.29, 0.717) is 24.5 Å². The van der Waals surface area contributed by atoms with Gasteiger partial charge in [-0.15, -0.1) is 0 Å². The molecule has 3 aromatic rings. The Kier molecular flexibility index (Phi) is 6.39. The van der Waals surface area contributed by atoms with Gasteiger partial charge < -0.3 is 9.42 Å². The van der Waals surface area contributed by atoms with E-state index in [4.69, 9.17) is 4.52 Å². The number of hydrogen-bond acceptors (Lipinski definition) is 4. The van der Waals surface area contributed by atoms with Crippen LogP contribution in [0, 0.1) is 0 Å². The van der Waals surface area contributed by atoms with Crippen LogP contribution in [0.1, 0.15) is 27.4 Å². The van der Waals surface area contributed by atoms with Crippen LogP contribution in [-0.2, 0) is 19.5 Å². The lowest BCUT2D eigenvalue weighted by Crippen LogP contribution is -2.29. The van der Waals surface area contributed by atoms with Crippen LogP contribution in [0.3, 0.4) is 0 Å². The van der Waals surface area contributed by atoms with Crippen molar-refractivity contribution < 1.29 is 9.32 Å². The van der Waals surface area contributed by atoms with Crippen LogP contribution >= 0.6 is 0 Å². The Morgan fingerprint density at radius 2 is 1.56 bits per heavy atom. The molecule has 2 aromatic carbocycles. The molecule has 1 heterocycles. The van der Waals surface area contributed by atoms with Crippen LogP contribution in [0.4, 0.5) is 0 Å². The van der Waals surface area contributed by atoms with E-state index in [0.717, 1.165) is 13.0 Å². The zero-order valence-corrected chi connectivity index (χ0v) is 15.8. The molecule has 0 aliphatic heterocycles. The van der Waals surface area contributed by atoms with Gasteiger partial charge in [-0.25, -0.2) is 0 Å². The van der Waals surface area contributed by atoms with Gasteiger partial charge in [0.15, 0.2) is 11.5 Å². The molecule has 5 nitrogen and oxygen atoms in total. The molecule has 3 rings (SSSR count). The summed E-state index contributed by atoms with van der Waals surface area (Å²) in [5.41, 5.74) is 2.80. The molecule has 5 heteroatoms. The SMILES string of the molecule is CN(Cc1ccccc1)Cc1cc(C(=O)N(C)CCc2ccccc2)no1. The van der Waals surface area contributed by atoms with Gasteiger partial charge in [-0.1, -0.05) is 65.8 Å². The molecular formula is C22H25N3O2. The number of carbonyl (C=O) groups excluding carboxylic acids is 1. The molecule has 0 unspecified atom stereocenters. The smallest absolute Gasteiger partial charge is 0.275 e. The van der Waals surface area contributed by atoms with Gasteiger partial charge in [-0.2, -0.15) is 0 Å². The van der Waals surface area contributed by atoms with E-state index in [1.54, 1.807) is 18.0 Å². The van der Waals surface area contributed by atoms with Crippen molar-refractivity contribution in [1.82, 2.24) is 15.0 Å². The Labute approximate surface area is 160 Å². The third-order valence-corrected chi connectivity index (χ3v) is 4.42. The van der Waals surface area contributed by atoms with Crippen LogP contribution < -0.4 is 0 Å². The molecule has 0 fully saturated rings. The Morgan fingerprint density at radius 3 is 2.22 bits per heavy atom. The van der Waals surface area contributed by atoms with Gasteiger partial charge in [0.25, 0.3) is 5.91 Å². The minimum atomic E-state index is -0.119. The third kappa shape index (κ3) is 5.53. The number of hydrogen-bond donors (Lipinski definition) is 0. The second kappa shape index (κ2) is 9.14. The van der Waals surface area contributed by atoms with Crippen LogP contribution in [0.2, 0.25) is 0 Å². The highest BCUT2D eigenvalue weighted by atomic mass is 16.5. The van der Waals surface area contributed by atoms with Crippen molar-refractivity contribution in [2.45, 2.75) is 19.5 Å². The molecule has 0 saturated heterocycles. The van der Waals surface area contributed by atoms with Crippen molar-refractivity contribution in [3.8, 4) is 0 Å². The van der Waals surface area contributed by atoms with E-state index >= 15 is 0 Å². The van der Waals surface area contributed by atoms with Gasteiger partial charge in [0, 0.05) is 26.2 Å². The summed E-state index contributed by atoms with van der Waals surface area (Å²) < 4.78 is 5.37. The van der Waals surface area contributed by atoms with Gasteiger partial charge in [0.05, 0.1) is 6.54 Å². The first-order chi connectivity index (χ1) is 13.1. The summed E-state index contributed by atoms with van der Waals surface area (Å²) in [6, 6.07) is 22.1. The summed E-state index contributed by atoms with van der Waals surface area (Å²) in [5, 5.41) is 3.96. The maximum absolute atomic E-state index is 12.5. The molecule has 0 N–H and O–H groups in total. The summed E-state index contributed by atoms with van der Waals surface area (Å²) in [6.07, 6.45) is 0.813. The summed E-state index contributed by atoms with van der Waals surface area (Å²) >= 11 is 0. The fraction of sp³-hybridized carbons (Fsp3) is 0.273. The minimum absolute atomic E-state index is 0.119. The lowest BCUT2D eigenvalue weighted by molar-refractivity contribution is 0.0786. The van der Waals surface area contributed by atoms with Crippen molar-refractivity contribution in [2.24, 2.45) is 0 Å². The molecule has 1 aromatic heterocycles. The van der Waals surface area contributed by atoms with Gasteiger partial charge >= 0.3 is 0 Å². The molecule has 0 saturated carbocycles. The van der Waals surface area contributed by atoms with Gasteiger partial charge in [-0.05, 0) is 24.6 Å². The Balaban J connectivity index is 1.52. The van der Waals surface area contributed by atoms with Crippen molar-refractivity contribution in [2.75, 3.05) is 20.6 Å². The monoisotopic (exact) mass is 363 g/mol. The highest BCUT2D eigenvalue weighted by molar-refractivity contribution is 5.92. The second-order valence-corrected chi connectivity index (χ2v) is 6.80. The largest absolute Gasteiger partial charge is 0.359 e. The van der Waals surface area contributed by atoms with Crippen molar-refractivity contribution >= 4 is 5.91 Å². The van der Waals surface area contributed by atoms with E-state index in [1.807, 2.05) is 43.4 Å². The van der Waals surface area contributed by atoms with Gasteiger partial charge in [0.2, 0.25) is 0 Å². The number of aromatic nitrogens is 1. The second-order valence-electron chi connectivity index (χ2n) is 6.80. The zero-order valence-electron chi connectivity index (χ0n) is 15.8. The first-order valence-corrected chi connectivity index (χ1v) is 9.09. The number of amides is 1. The van der Waals surface area contributed by atoms with Crippen LogP contribution in [0.15, 0.2) is 71.3 Å². The minimum Gasteiger partial charge on any atom is -0.359 e. The van der Waals surface area contributed by atoms with E-state index in [-0.39, 0.29) is 5.91 Å². The van der Waals surface area contributed by atoms with Crippen molar-refractivity contribution in [3.05, 3.63) is 89.3 Å². The molecule has 0 radical (unpaired) electrons. The molecule has 0 bridgehead atoms. The quantitative estimate of drug-likeness (QED) is 0.613. The average Bonchev–Trinajstić information content (AvgIpc) is 3.15. The molecule has 0 aliphatic carbocycles. The molecule has 0 atom stereocenters. The van der Waals surface area contributed by atoms with Gasteiger partial charge in [0.1, 0.15) is 0 Å². The first-order valence-electron chi connectivity index (χ1n) is 9.09. The molecule has 0 aliphatic rings. The van der Waals surface area contributed by atoms with E-state index in [9.17, 15) is 4.79 Å². The standard InChI is InChI=1S/C22H25N3O2/c1-24(16-19-11-7-4-8-12-19)17-20-15-21(23-27-20)22(26)25(2)14-13-18-9-5-3-6-10-18/h3-12,15H,13-14,16-17H2,1-2H3. The highest BCUT2D eigenvalue weighted by Crippen LogP contribution is 2.11. The summed E-state index contributed by atoms with van der Waals surface area (Å²) in [6.45, 7) is 2.05. The lowest BCUT2D eigenvalue weighted by Gasteiger charge is -2.15. The zero-order chi connectivity index (χ0) is 19.1. The summed E-state index contributed by atoms with van der Waals surface area (Å²) in [7, 11) is 3.81. The number of carbonyl (C=O) groups is 1. The highest BCUT2D eigenvalue weighted by Gasteiger charge is 2.17. The Morgan fingerprint density at radius 1 is 0.926 bits per heavy atom. The van der Waals surface area contributed by atoms with Crippen molar-refractivity contribution in [3.63, 3.8) is 0 Å². The van der Waals surface area contributed by atoms with E-state index < -0.39 is 0 Å². The predicted octanol–water partition coefficient (Wildman–Crippen LogP) is 3.62. The maximum atomic E-state index is 12.5. The van der Waals surface area contributed by atoms with Crippen LogP contribution in [0.25, 0.3) is 0 Å². The molecular weight excluding hydrogens is 338 g/mol. The third-order valence-electron chi connectivity index (χ3n) is 4.42. The first kappa shape index (κ1) is 18.9. The molecule has 27 heavy (non-hydrogen) atoms. The number of likely N-dealkylation sites (N-methyl/N-ethyl adjacent to an activating group) is 1. The molecule has 140 valence electrons. The fourth-order valence-corrected chi connectivity index (χ4v) is 2.94. The fourth-order valence-electron chi connectivity index (χ4n) is 2.94. The topological polar surface area (TPSA) is 49.6 Å². The van der Waals surface area contributed by atoms with Crippen molar-refractivity contribution in [1.29, 1.82) is 0 Å².